The van der Waals surface area contributed by atoms with Crippen LogP contribution in [0.3, 0.4) is 0 Å². The normalized spacial score (nSPS) is 10.2. The lowest BCUT2D eigenvalue weighted by molar-refractivity contribution is 0.817. The van der Waals surface area contributed by atoms with Gasteiger partial charge in [0.25, 0.3) is 0 Å². The molecule has 1 aromatic heterocycles. The van der Waals surface area contributed by atoms with Gasteiger partial charge in [0.15, 0.2) is 5.82 Å². The summed E-state index contributed by atoms with van der Waals surface area (Å²) in [6, 6.07) is 4.17. The smallest absolute Gasteiger partial charge is 0.152 e. The summed E-state index contributed by atoms with van der Waals surface area (Å²) in [6.45, 7) is 12.8. The third-order valence-electron chi connectivity index (χ3n) is 2.93. The first kappa shape index (κ1) is 12.8. The maximum Gasteiger partial charge on any atom is 0.152 e. The molecule has 90 valence electrons. The summed E-state index contributed by atoms with van der Waals surface area (Å²) in [5, 5.41) is 0. The van der Waals surface area contributed by atoms with Gasteiger partial charge >= 0.3 is 0 Å². The van der Waals surface area contributed by atoms with E-state index in [-0.39, 0.29) is 0 Å². The molecule has 1 rings (SSSR count). The third-order valence-corrected chi connectivity index (χ3v) is 2.93. The van der Waals surface area contributed by atoms with Crippen molar-refractivity contribution in [1.82, 2.24) is 4.98 Å². The summed E-state index contributed by atoms with van der Waals surface area (Å²) >= 11 is 0. The molecule has 0 bridgehead atoms. The fourth-order valence-corrected chi connectivity index (χ4v) is 1.97. The summed E-state index contributed by atoms with van der Waals surface area (Å²) in [6.07, 6.45) is 1.88. The number of aromatic nitrogens is 1. The summed E-state index contributed by atoms with van der Waals surface area (Å²) in [5.41, 5.74) is 1.25. The van der Waals surface area contributed by atoms with Crippen LogP contribution in [0.15, 0.2) is 18.3 Å². The second kappa shape index (κ2) is 6.36. The average Bonchev–Trinajstić information content (AvgIpc) is 2.34. The highest BCUT2D eigenvalue weighted by atomic mass is 15.2. The zero-order chi connectivity index (χ0) is 12.0. The second-order valence-electron chi connectivity index (χ2n) is 3.69. The number of hydrogen-bond donors (Lipinski definition) is 0. The monoisotopic (exact) mass is 221 g/mol. The van der Waals surface area contributed by atoms with Crippen molar-refractivity contribution < 1.29 is 0 Å². The molecule has 0 aliphatic carbocycles. The van der Waals surface area contributed by atoms with E-state index < -0.39 is 0 Å². The van der Waals surface area contributed by atoms with E-state index in [0.29, 0.717) is 0 Å². The van der Waals surface area contributed by atoms with E-state index >= 15 is 0 Å². The lowest BCUT2D eigenvalue weighted by Crippen LogP contribution is -2.29. The summed E-state index contributed by atoms with van der Waals surface area (Å²) in [7, 11) is 0. The predicted molar refractivity (Wildman–Crippen MR) is 71.4 cm³/mol. The van der Waals surface area contributed by atoms with Gasteiger partial charge in [-0.3, -0.25) is 0 Å². The molecule has 1 aromatic rings. The quantitative estimate of drug-likeness (QED) is 0.736. The topological polar surface area (TPSA) is 19.4 Å². The van der Waals surface area contributed by atoms with Gasteiger partial charge in [0.05, 0.1) is 5.69 Å². The first-order valence-electron chi connectivity index (χ1n) is 6.23. The van der Waals surface area contributed by atoms with Gasteiger partial charge in [-0.25, -0.2) is 4.98 Å². The number of hydrogen-bond acceptors (Lipinski definition) is 3. The van der Waals surface area contributed by atoms with Crippen molar-refractivity contribution in [3.8, 4) is 0 Å². The highest BCUT2D eigenvalue weighted by molar-refractivity contribution is 5.66. The number of pyridine rings is 1. The van der Waals surface area contributed by atoms with Crippen molar-refractivity contribution in [2.45, 2.75) is 27.7 Å². The van der Waals surface area contributed by atoms with Crippen molar-refractivity contribution >= 4 is 11.5 Å². The molecule has 0 atom stereocenters. The van der Waals surface area contributed by atoms with Crippen LogP contribution in [-0.4, -0.2) is 31.2 Å². The van der Waals surface area contributed by atoms with Crippen LogP contribution in [-0.2, 0) is 0 Å². The van der Waals surface area contributed by atoms with Crippen LogP contribution in [0.5, 0.6) is 0 Å². The number of anilines is 2. The molecule has 0 N–H and O–H groups in total. The van der Waals surface area contributed by atoms with Crippen LogP contribution in [0.4, 0.5) is 11.5 Å². The molecule has 3 nitrogen and oxygen atoms in total. The van der Waals surface area contributed by atoms with Gasteiger partial charge in [-0.1, -0.05) is 0 Å². The molecular weight excluding hydrogens is 198 g/mol. The number of rotatable bonds is 6. The van der Waals surface area contributed by atoms with E-state index in [9.17, 15) is 0 Å². The summed E-state index contributed by atoms with van der Waals surface area (Å²) < 4.78 is 0. The largest absolute Gasteiger partial charge is 0.369 e. The van der Waals surface area contributed by atoms with Crippen molar-refractivity contribution in [3.63, 3.8) is 0 Å². The Morgan fingerprint density at radius 2 is 1.50 bits per heavy atom. The van der Waals surface area contributed by atoms with Gasteiger partial charge in [-0.15, -0.1) is 0 Å². The molecule has 0 spiro atoms. The van der Waals surface area contributed by atoms with Gasteiger partial charge in [-0.05, 0) is 39.8 Å². The van der Waals surface area contributed by atoms with Crippen LogP contribution in [0.1, 0.15) is 27.7 Å². The highest BCUT2D eigenvalue weighted by Gasteiger charge is 2.12. The Kier molecular flexibility index (Phi) is 5.09. The van der Waals surface area contributed by atoms with E-state index in [2.05, 4.69) is 48.5 Å². The fourth-order valence-electron chi connectivity index (χ4n) is 1.97. The minimum Gasteiger partial charge on any atom is -0.369 e. The van der Waals surface area contributed by atoms with Crippen LogP contribution in [0, 0.1) is 0 Å². The Hall–Kier alpha value is -1.25. The molecule has 0 amide bonds. The van der Waals surface area contributed by atoms with Crippen LogP contribution < -0.4 is 9.80 Å². The maximum atomic E-state index is 4.52. The zero-order valence-electron chi connectivity index (χ0n) is 10.9. The molecule has 3 heteroatoms. The lowest BCUT2D eigenvalue weighted by Gasteiger charge is -2.28. The van der Waals surface area contributed by atoms with Crippen LogP contribution >= 0.6 is 0 Å². The third kappa shape index (κ3) is 2.65. The summed E-state index contributed by atoms with van der Waals surface area (Å²) in [5.74, 6) is 1.11. The van der Waals surface area contributed by atoms with E-state index in [4.69, 9.17) is 0 Å². The lowest BCUT2D eigenvalue weighted by atomic mass is 10.3. The molecule has 0 radical (unpaired) electrons. The van der Waals surface area contributed by atoms with Gasteiger partial charge < -0.3 is 9.80 Å². The Bertz CT molecular complexity index is 273. The molecular formula is C13H23N3. The Balaban J connectivity index is 3.07. The molecule has 0 aromatic carbocycles. The van der Waals surface area contributed by atoms with Gasteiger partial charge in [0, 0.05) is 32.4 Å². The highest BCUT2D eigenvalue weighted by Crippen LogP contribution is 2.26. The van der Waals surface area contributed by atoms with Crippen molar-refractivity contribution in [1.29, 1.82) is 0 Å². The van der Waals surface area contributed by atoms with E-state index in [0.717, 1.165) is 32.0 Å². The van der Waals surface area contributed by atoms with Gasteiger partial charge in [0.1, 0.15) is 0 Å². The molecule has 0 saturated heterocycles. The fraction of sp³-hybridized carbons (Fsp3) is 0.615. The van der Waals surface area contributed by atoms with E-state index in [1.807, 2.05) is 12.3 Å². The second-order valence-corrected chi connectivity index (χ2v) is 3.69. The Morgan fingerprint density at radius 3 is 2.00 bits per heavy atom. The minimum absolute atomic E-state index is 1.00. The Morgan fingerprint density at radius 1 is 0.938 bits per heavy atom. The molecule has 16 heavy (non-hydrogen) atoms. The van der Waals surface area contributed by atoms with Gasteiger partial charge in [0.2, 0.25) is 0 Å². The molecule has 0 unspecified atom stereocenters. The standard InChI is InChI=1S/C13H23N3/c1-5-15(6-2)12-10-9-11-14-13(12)16(7-3)8-4/h9-11H,5-8H2,1-4H3. The molecule has 0 aliphatic rings. The predicted octanol–water partition coefficient (Wildman–Crippen LogP) is 2.77. The average molecular weight is 221 g/mol. The number of nitrogens with zero attached hydrogens (tertiary/aromatic N) is 3. The van der Waals surface area contributed by atoms with Crippen LogP contribution in [0.25, 0.3) is 0 Å². The SMILES string of the molecule is CCN(CC)c1cccnc1N(CC)CC. The summed E-state index contributed by atoms with van der Waals surface area (Å²) in [4.78, 5) is 9.17. The molecule has 0 saturated carbocycles. The molecule has 1 heterocycles. The van der Waals surface area contributed by atoms with Gasteiger partial charge in [-0.2, -0.15) is 0 Å². The Labute approximate surface area is 99.1 Å². The van der Waals surface area contributed by atoms with E-state index in [1.165, 1.54) is 5.69 Å². The van der Waals surface area contributed by atoms with Crippen molar-refractivity contribution in [2.75, 3.05) is 36.0 Å². The minimum atomic E-state index is 1.00. The van der Waals surface area contributed by atoms with Crippen LogP contribution in [0.2, 0.25) is 0 Å². The van der Waals surface area contributed by atoms with E-state index in [1.54, 1.807) is 0 Å². The first-order valence-corrected chi connectivity index (χ1v) is 6.23. The van der Waals surface area contributed by atoms with Crippen molar-refractivity contribution in [3.05, 3.63) is 18.3 Å². The maximum absolute atomic E-state index is 4.52. The molecule has 0 aliphatic heterocycles. The molecule has 0 fully saturated rings. The van der Waals surface area contributed by atoms with Crippen molar-refractivity contribution in [2.24, 2.45) is 0 Å². The zero-order valence-corrected chi connectivity index (χ0v) is 10.9. The first-order chi connectivity index (χ1) is 7.78.